The second-order valence-electron chi connectivity index (χ2n) is 4.67. The molecule has 0 bridgehead atoms. The number of hydrogen-bond acceptors (Lipinski definition) is 5. The van der Waals surface area contributed by atoms with E-state index in [1.807, 2.05) is 24.5 Å². The van der Waals surface area contributed by atoms with Gasteiger partial charge < -0.3 is 10.1 Å². The van der Waals surface area contributed by atoms with E-state index in [1.165, 1.54) is 0 Å². The molecule has 6 nitrogen and oxygen atoms in total. The van der Waals surface area contributed by atoms with E-state index in [-0.39, 0.29) is 0 Å². The van der Waals surface area contributed by atoms with Gasteiger partial charge in [0.25, 0.3) is 0 Å². The first kappa shape index (κ1) is 14.5. The zero-order chi connectivity index (χ0) is 14.5. The van der Waals surface area contributed by atoms with Crippen molar-refractivity contribution in [2.75, 3.05) is 19.0 Å². The summed E-state index contributed by atoms with van der Waals surface area (Å²) in [6.07, 6.45) is 2.83. The average Bonchev–Trinajstić information content (AvgIpc) is 2.77. The molecule has 2 rings (SSSR count). The van der Waals surface area contributed by atoms with Gasteiger partial charge in [0.15, 0.2) is 5.82 Å². The van der Waals surface area contributed by atoms with Gasteiger partial charge in [-0.3, -0.25) is 4.57 Å². The van der Waals surface area contributed by atoms with Gasteiger partial charge in [0, 0.05) is 25.4 Å². The second-order valence-corrected chi connectivity index (χ2v) is 4.67. The van der Waals surface area contributed by atoms with Gasteiger partial charge >= 0.3 is 0 Å². The van der Waals surface area contributed by atoms with Crippen molar-refractivity contribution < 1.29 is 4.74 Å². The lowest BCUT2D eigenvalue weighted by atomic mass is 10.3. The highest BCUT2D eigenvalue weighted by Crippen LogP contribution is 2.15. The van der Waals surface area contributed by atoms with E-state index in [0.29, 0.717) is 12.4 Å². The zero-order valence-electron chi connectivity index (χ0n) is 12.5. The maximum Gasteiger partial charge on any atom is 0.158 e. The predicted octanol–water partition coefficient (Wildman–Crippen LogP) is 2.25. The standard InChI is InChI=1S/C14H21N5O/c1-5-6-15-12-7-14(18-13(17-12)8-20-4)19-9-16-10(2)11(19)3/h7,9H,5-6,8H2,1-4H3,(H,15,17,18). The fourth-order valence-corrected chi connectivity index (χ4v) is 1.87. The van der Waals surface area contributed by atoms with Crippen molar-refractivity contribution in [1.29, 1.82) is 0 Å². The number of methoxy groups -OCH3 is 1. The Balaban J connectivity index is 2.40. The van der Waals surface area contributed by atoms with Gasteiger partial charge in [-0.25, -0.2) is 15.0 Å². The monoisotopic (exact) mass is 275 g/mol. The first-order chi connectivity index (χ1) is 9.65. The van der Waals surface area contributed by atoms with E-state index in [4.69, 9.17) is 4.74 Å². The van der Waals surface area contributed by atoms with Crippen LogP contribution in [-0.2, 0) is 11.3 Å². The minimum Gasteiger partial charge on any atom is -0.377 e. The molecular weight excluding hydrogens is 254 g/mol. The molecule has 2 aromatic rings. The van der Waals surface area contributed by atoms with E-state index in [1.54, 1.807) is 13.4 Å². The molecule has 0 spiro atoms. The fourth-order valence-electron chi connectivity index (χ4n) is 1.87. The Labute approximate surface area is 119 Å². The van der Waals surface area contributed by atoms with E-state index in [9.17, 15) is 0 Å². The minimum absolute atomic E-state index is 0.390. The lowest BCUT2D eigenvalue weighted by Crippen LogP contribution is -2.09. The van der Waals surface area contributed by atoms with Crippen LogP contribution in [0.3, 0.4) is 0 Å². The summed E-state index contributed by atoms with van der Waals surface area (Å²) >= 11 is 0. The Kier molecular flexibility index (Phi) is 4.68. The van der Waals surface area contributed by atoms with Gasteiger partial charge in [-0.1, -0.05) is 6.92 Å². The predicted molar refractivity (Wildman–Crippen MR) is 78.1 cm³/mol. The molecule has 0 aromatic carbocycles. The molecule has 6 heteroatoms. The highest BCUT2D eigenvalue weighted by Gasteiger charge is 2.09. The average molecular weight is 275 g/mol. The smallest absolute Gasteiger partial charge is 0.158 e. The number of nitrogens with zero attached hydrogens (tertiary/aromatic N) is 4. The van der Waals surface area contributed by atoms with E-state index in [0.717, 1.165) is 36.0 Å². The number of imidazole rings is 1. The summed E-state index contributed by atoms with van der Waals surface area (Å²) in [6, 6.07) is 1.93. The molecule has 0 amide bonds. The summed E-state index contributed by atoms with van der Waals surface area (Å²) in [4.78, 5) is 13.3. The summed E-state index contributed by atoms with van der Waals surface area (Å²) in [6.45, 7) is 7.40. The van der Waals surface area contributed by atoms with Crippen LogP contribution >= 0.6 is 0 Å². The molecule has 0 aliphatic rings. The van der Waals surface area contributed by atoms with Crippen molar-refractivity contribution >= 4 is 5.82 Å². The topological polar surface area (TPSA) is 64.9 Å². The van der Waals surface area contributed by atoms with E-state index in [2.05, 4.69) is 27.2 Å². The second kappa shape index (κ2) is 6.47. The maximum absolute atomic E-state index is 5.14. The first-order valence-corrected chi connectivity index (χ1v) is 6.77. The largest absolute Gasteiger partial charge is 0.377 e. The molecule has 0 fully saturated rings. The van der Waals surface area contributed by atoms with Gasteiger partial charge in [-0.2, -0.15) is 0 Å². The van der Waals surface area contributed by atoms with Gasteiger partial charge in [-0.15, -0.1) is 0 Å². The fraction of sp³-hybridized carbons (Fsp3) is 0.500. The van der Waals surface area contributed by atoms with Crippen LogP contribution in [0.5, 0.6) is 0 Å². The number of rotatable bonds is 6. The quantitative estimate of drug-likeness (QED) is 0.876. The highest BCUT2D eigenvalue weighted by molar-refractivity contribution is 5.42. The molecule has 0 aliphatic heterocycles. The van der Waals surface area contributed by atoms with Gasteiger partial charge in [0.05, 0.1) is 5.69 Å². The minimum atomic E-state index is 0.390. The SMILES string of the molecule is CCCNc1cc(-n2cnc(C)c2C)nc(COC)n1. The number of hydrogen-bond donors (Lipinski definition) is 1. The molecule has 20 heavy (non-hydrogen) atoms. The maximum atomic E-state index is 5.14. The normalized spacial score (nSPS) is 10.8. The summed E-state index contributed by atoms with van der Waals surface area (Å²) in [5, 5.41) is 3.29. The van der Waals surface area contributed by atoms with Crippen LogP contribution in [0, 0.1) is 13.8 Å². The molecular formula is C14H21N5O. The Hall–Kier alpha value is -1.95. The van der Waals surface area contributed by atoms with E-state index >= 15 is 0 Å². The molecule has 0 saturated carbocycles. The van der Waals surface area contributed by atoms with Gasteiger partial charge in [0.2, 0.25) is 0 Å². The van der Waals surface area contributed by atoms with Crippen LogP contribution in [-0.4, -0.2) is 33.2 Å². The van der Waals surface area contributed by atoms with Crippen LogP contribution in [0.2, 0.25) is 0 Å². The van der Waals surface area contributed by atoms with Crippen molar-refractivity contribution in [3.05, 3.63) is 29.6 Å². The Morgan fingerprint density at radius 2 is 2.10 bits per heavy atom. The highest BCUT2D eigenvalue weighted by atomic mass is 16.5. The Bertz CT molecular complexity index is 579. The third-order valence-electron chi connectivity index (χ3n) is 3.09. The number of anilines is 1. The van der Waals surface area contributed by atoms with Crippen LogP contribution in [0.4, 0.5) is 5.82 Å². The van der Waals surface area contributed by atoms with Gasteiger partial charge in [-0.05, 0) is 20.3 Å². The van der Waals surface area contributed by atoms with Crippen molar-refractivity contribution in [2.45, 2.75) is 33.8 Å². The Morgan fingerprint density at radius 3 is 2.70 bits per heavy atom. The number of nitrogens with one attached hydrogen (secondary N) is 1. The van der Waals surface area contributed by atoms with Crippen LogP contribution < -0.4 is 5.32 Å². The summed E-state index contributed by atoms with van der Waals surface area (Å²) < 4.78 is 7.10. The molecule has 2 aromatic heterocycles. The number of aromatic nitrogens is 4. The van der Waals surface area contributed by atoms with E-state index < -0.39 is 0 Å². The third kappa shape index (κ3) is 3.14. The summed E-state index contributed by atoms with van der Waals surface area (Å²) in [5.74, 6) is 2.28. The molecule has 0 aliphatic carbocycles. The first-order valence-electron chi connectivity index (χ1n) is 6.77. The summed E-state index contributed by atoms with van der Waals surface area (Å²) in [5.41, 5.74) is 2.08. The molecule has 1 N–H and O–H groups in total. The third-order valence-corrected chi connectivity index (χ3v) is 3.09. The van der Waals surface area contributed by atoms with Crippen LogP contribution in [0.1, 0.15) is 30.6 Å². The molecule has 108 valence electrons. The molecule has 0 saturated heterocycles. The van der Waals surface area contributed by atoms with Crippen molar-refractivity contribution in [3.63, 3.8) is 0 Å². The Morgan fingerprint density at radius 1 is 1.30 bits per heavy atom. The molecule has 0 radical (unpaired) electrons. The van der Waals surface area contributed by atoms with Crippen molar-refractivity contribution in [1.82, 2.24) is 19.5 Å². The lowest BCUT2D eigenvalue weighted by Gasteiger charge is -2.10. The molecule has 0 atom stereocenters. The molecule has 0 unspecified atom stereocenters. The van der Waals surface area contributed by atoms with Crippen LogP contribution in [0.25, 0.3) is 5.82 Å². The van der Waals surface area contributed by atoms with Crippen molar-refractivity contribution in [3.8, 4) is 5.82 Å². The van der Waals surface area contributed by atoms with Gasteiger partial charge in [0.1, 0.15) is 24.6 Å². The van der Waals surface area contributed by atoms with Crippen molar-refractivity contribution in [2.24, 2.45) is 0 Å². The number of ether oxygens (including phenoxy) is 1. The number of aryl methyl sites for hydroxylation is 1. The van der Waals surface area contributed by atoms with Crippen LogP contribution in [0.15, 0.2) is 12.4 Å². The summed E-state index contributed by atoms with van der Waals surface area (Å²) in [7, 11) is 1.64. The lowest BCUT2D eigenvalue weighted by molar-refractivity contribution is 0.178. The zero-order valence-corrected chi connectivity index (χ0v) is 12.5. The molecule has 2 heterocycles.